The summed E-state index contributed by atoms with van der Waals surface area (Å²) in [6.07, 6.45) is 8.64. The summed E-state index contributed by atoms with van der Waals surface area (Å²) < 4.78 is 13.5. The predicted molar refractivity (Wildman–Crippen MR) is 88.4 cm³/mol. The van der Waals surface area contributed by atoms with Gasteiger partial charge in [0.2, 0.25) is 0 Å². The van der Waals surface area contributed by atoms with Gasteiger partial charge in [0.1, 0.15) is 5.82 Å². The van der Waals surface area contributed by atoms with Gasteiger partial charge in [0.05, 0.1) is 0 Å². The van der Waals surface area contributed by atoms with Crippen LogP contribution in [0.3, 0.4) is 0 Å². The van der Waals surface area contributed by atoms with E-state index in [2.05, 4.69) is 23.0 Å². The number of benzene rings is 1. The summed E-state index contributed by atoms with van der Waals surface area (Å²) >= 11 is 0. The fraction of sp³-hybridized carbons (Fsp3) is 0.579. The number of nitrogens with zero attached hydrogens (tertiary/aromatic N) is 1. The van der Waals surface area contributed by atoms with Crippen LogP contribution >= 0.6 is 0 Å². The molecule has 3 heterocycles. The van der Waals surface area contributed by atoms with Gasteiger partial charge in [-0.15, -0.1) is 0 Å². The molecule has 5 rings (SSSR count). The molecule has 1 aliphatic carbocycles. The van der Waals surface area contributed by atoms with Gasteiger partial charge in [-0.3, -0.25) is 4.90 Å². The average molecular weight is 300 g/mol. The Morgan fingerprint density at radius 2 is 2.23 bits per heavy atom. The van der Waals surface area contributed by atoms with Crippen molar-refractivity contribution in [3.8, 4) is 0 Å². The van der Waals surface area contributed by atoms with Crippen molar-refractivity contribution in [2.24, 2.45) is 11.8 Å². The van der Waals surface area contributed by atoms with Crippen LogP contribution in [0.4, 0.5) is 4.39 Å². The van der Waals surface area contributed by atoms with Crippen molar-refractivity contribution >= 4 is 10.9 Å². The number of hydrogen-bond donors (Lipinski definition) is 1. The molecule has 2 nitrogen and oxygen atoms in total. The third-order valence-corrected chi connectivity index (χ3v) is 5.93. The van der Waals surface area contributed by atoms with Crippen LogP contribution in [0, 0.1) is 17.7 Å². The Labute approximate surface area is 131 Å². The molecule has 0 amide bonds. The van der Waals surface area contributed by atoms with Crippen molar-refractivity contribution in [1.82, 2.24) is 9.88 Å². The zero-order chi connectivity index (χ0) is 15.1. The molecule has 2 aliphatic heterocycles. The Balaban J connectivity index is 1.49. The highest BCUT2D eigenvalue weighted by Gasteiger charge is 2.39. The lowest BCUT2D eigenvalue weighted by molar-refractivity contribution is 0.000712. The Morgan fingerprint density at radius 1 is 1.32 bits per heavy atom. The summed E-state index contributed by atoms with van der Waals surface area (Å²) in [6, 6.07) is 5.82. The molecule has 22 heavy (non-hydrogen) atoms. The van der Waals surface area contributed by atoms with Crippen LogP contribution in [0.2, 0.25) is 0 Å². The quantitative estimate of drug-likeness (QED) is 0.889. The van der Waals surface area contributed by atoms with E-state index in [4.69, 9.17) is 0 Å². The molecule has 3 heteroatoms. The number of fused-ring (bicyclic) bond motifs is 4. The number of rotatable bonds is 4. The Bertz CT molecular complexity index is 662. The molecule has 2 bridgehead atoms. The molecular formula is C19H25FN2. The summed E-state index contributed by atoms with van der Waals surface area (Å²) in [4.78, 5) is 5.98. The van der Waals surface area contributed by atoms with Crippen LogP contribution in [-0.4, -0.2) is 29.0 Å². The highest BCUT2D eigenvalue weighted by atomic mass is 19.1. The molecule has 2 saturated heterocycles. The minimum atomic E-state index is -0.142. The SMILES string of the molecule is CCC1CC2CCC1N(CCc1c[nH]c3ccc(F)cc13)C2. The third-order valence-electron chi connectivity index (χ3n) is 5.93. The normalized spacial score (nSPS) is 28.5. The number of halogens is 1. The smallest absolute Gasteiger partial charge is 0.123 e. The molecule has 118 valence electrons. The van der Waals surface area contributed by atoms with E-state index >= 15 is 0 Å². The fourth-order valence-corrected chi connectivity index (χ4v) is 4.78. The lowest BCUT2D eigenvalue weighted by Crippen LogP contribution is -2.53. The van der Waals surface area contributed by atoms with Gasteiger partial charge in [-0.1, -0.05) is 13.3 Å². The summed E-state index contributed by atoms with van der Waals surface area (Å²) in [7, 11) is 0. The zero-order valence-electron chi connectivity index (χ0n) is 13.3. The van der Waals surface area contributed by atoms with E-state index in [1.54, 1.807) is 6.07 Å². The molecule has 2 aromatic rings. The standard InChI is InChI=1S/C19H25FN2/c1-2-14-9-13-3-6-19(14)22(12-13)8-7-15-11-21-18-5-4-16(20)10-17(15)18/h4-5,10-11,13-14,19,21H,2-3,6-9,12H2,1H3. The topological polar surface area (TPSA) is 19.0 Å². The summed E-state index contributed by atoms with van der Waals surface area (Å²) in [5.41, 5.74) is 2.30. The molecule has 3 unspecified atom stereocenters. The van der Waals surface area contributed by atoms with Crippen LogP contribution in [0.15, 0.2) is 24.4 Å². The van der Waals surface area contributed by atoms with Gasteiger partial charge in [-0.05, 0) is 61.3 Å². The van der Waals surface area contributed by atoms with Crippen molar-refractivity contribution in [3.63, 3.8) is 0 Å². The Hall–Kier alpha value is -1.35. The largest absolute Gasteiger partial charge is 0.361 e. The van der Waals surface area contributed by atoms with Crippen LogP contribution in [0.5, 0.6) is 0 Å². The molecular weight excluding hydrogens is 275 g/mol. The van der Waals surface area contributed by atoms with Crippen LogP contribution in [-0.2, 0) is 6.42 Å². The van der Waals surface area contributed by atoms with E-state index < -0.39 is 0 Å². The molecule has 1 N–H and O–H groups in total. The number of nitrogens with one attached hydrogen (secondary N) is 1. The molecule has 0 radical (unpaired) electrons. The van der Waals surface area contributed by atoms with Crippen molar-refractivity contribution in [1.29, 1.82) is 0 Å². The van der Waals surface area contributed by atoms with Gasteiger partial charge in [0.25, 0.3) is 0 Å². The minimum Gasteiger partial charge on any atom is -0.361 e. The van der Waals surface area contributed by atoms with Crippen molar-refractivity contribution in [2.75, 3.05) is 13.1 Å². The highest BCUT2D eigenvalue weighted by molar-refractivity contribution is 5.83. The maximum absolute atomic E-state index is 13.5. The summed E-state index contributed by atoms with van der Waals surface area (Å²) in [6.45, 7) is 4.73. The lowest BCUT2D eigenvalue weighted by atomic mass is 9.71. The first-order valence-corrected chi connectivity index (χ1v) is 8.74. The van der Waals surface area contributed by atoms with Crippen molar-refractivity contribution in [3.05, 3.63) is 35.8 Å². The molecule has 1 aromatic carbocycles. The molecule has 0 spiro atoms. The maximum atomic E-state index is 13.5. The number of hydrogen-bond acceptors (Lipinski definition) is 1. The third kappa shape index (κ3) is 2.45. The van der Waals surface area contributed by atoms with Gasteiger partial charge in [0.15, 0.2) is 0 Å². The van der Waals surface area contributed by atoms with E-state index in [-0.39, 0.29) is 5.82 Å². The van der Waals surface area contributed by atoms with Gasteiger partial charge in [0, 0.05) is 36.2 Å². The second-order valence-electron chi connectivity index (χ2n) is 7.16. The second-order valence-corrected chi connectivity index (χ2v) is 7.16. The van der Waals surface area contributed by atoms with Crippen molar-refractivity contribution < 1.29 is 4.39 Å². The van der Waals surface area contributed by atoms with Gasteiger partial charge < -0.3 is 4.98 Å². The number of H-pyrrole nitrogens is 1. The Morgan fingerprint density at radius 3 is 3.05 bits per heavy atom. The molecule has 3 fully saturated rings. The van der Waals surface area contributed by atoms with E-state index in [0.29, 0.717) is 0 Å². The average Bonchev–Trinajstić information content (AvgIpc) is 2.95. The van der Waals surface area contributed by atoms with E-state index in [9.17, 15) is 4.39 Å². The summed E-state index contributed by atoms with van der Waals surface area (Å²) in [5, 5.41) is 1.05. The van der Waals surface area contributed by atoms with Crippen LogP contribution in [0.1, 0.15) is 38.2 Å². The van der Waals surface area contributed by atoms with E-state index in [0.717, 1.165) is 41.7 Å². The summed E-state index contributed by atoms with van der Waals surface area (Å²) in [5.74, 6) is 1.67. The maximum Gasteiger partial charge on any atom is 0.123 e. The van der Waals surface area contributed by atoms with E-state index in [1.807, 2.05) is 6.07 Å². The first-order valence-electron chi connectivity index (χ1n) is 8.74. The molecule has 3 atom stereocenters. The Kier molecular flexibility index (Phi) is 3.69. The number of aromatic nitrogens is 1. The van der Waals surface area contributed by atoms with E-state index in [1.165, 1.54) is 43.9 Å². The van der Waals surface area contributed by atoms with Crippen LogP contribution in [0.25, 0.3) is 10.9 Å². The zero-order valence-corrected chi connectivity index (χ0v) is 13.3. The second kappa shape index (κ2) is 5.69. The fourth-order valence-electron chi connectivity index (χ4n) is 4.78. The van der Waals surface area contributed by atoms with Gasteiger partial charge in [-0.25, -0.2) is 4.39 Å². The predicted octanol–water partition coefficient (Wildman–Crippen LogP) is 4.36. The molecule has 1 aromatic heterocycles. The highest BCUT2D eigenvalue weighted by Crippen LogP contribution is 2.40. The number of piperidine rings is 2. The van der Waals surface area contributed by atoms with Gasteiger partial charge in [-0.2, -0.15) is 0 Å². The molecule has 3 aliphatic rings. The first kappa shape index (κ1) is 14.3. The van der Waals surface area contributed by atoms with Crippen LogP contribution < -0.4 is 0 Å². The molecule has 1 saturated carbocycles. The first-order chi connectivity index (χ1) is 10.7. The number of aromatic amines is 1. The van der Waals surface area contributed by atoms with Gasteiger partial charge >= 0.3 is 0 Å². The lowest BCUT2D eigenvalue weighted by Gasteiger charge is -2.50. The monoisotopic (exact) mass is 300 g/mol. The van der Waals surface area contributed by atoms with Crippen molar-refractivity contribution in [2.45, 2.75) is 45.1 Å². The minimum absolute atomic E-state index is 0.142.